The number of benzene rings is 2. The number of nitrogens with zero attached hydrogens (tertiary/aromatic N) is 1. The normalized spacial score (nSPS) is 10.1. The fraction of sp³-hybridized carbons (Fsp3) is 0.0500. The Hall–Kier alpha value is -3.38. The number of hydrogen-bond acceptors (Lipinski definition) is 5. The number of carbonyl (C=O) groups excluding carboxylic acids is 2. The standard InChI is InChI=1S/C20H16ClN3O3/c1-27-20(26)14-5-3-7-16(11-14)23-17-8-9-18(22-12-17)24-19(25)13-4-2-6-15(21)10-13/h2-12,23H,1H3,(H,22,24,25). The molecule has 1 aromatic heterocycles. The molecule has 3 aromatic rings. The molecule has 0 radical (unpaired) electrons. The molecule has 0 aliphatic rings. The molecule has 0 aliphatic carbocycles. The third-order valence-electron chi connectivity index (χ3n) is 3.66. The molecule has 1 amide bonds. The van der Waals surface area contributed by atoms with Crippen LogP contribution in [0.3, 0.4) is 0 Å². The minimum atomic E-state index is -0.407. The van der Waals surface area contributed by atoms with E-state index in [4.69, 9.17) is 16.3 Å². The van der Waals surface area contributed by atoms with Crippen LogP contribution in [0.5, 0.6) is 0 Å². The van der Waals surface area contributed by atoms with E-state index in [1.165, 1.54) is 7.11 Å². The summed E-state index contributed by atoms with van der Waals surface area (Å²) in [7, 11) is 1.34. The Kier molecular flexibility index (Phi) is 5.68. The first kappa shape index (κ1) is 18.4. The zero-order valence-corrected chi connectivity index (χ0v) is 15.2. The van der Waals surface area contributed by atoms with Gasteiger partial charge in [0.15, 0.2) is 0 Å². The van der Waals surface area contributed by atoms with Gasteiger partial charge in [-0.2, -0.15) is 0 Å². The van der Waals surface area contributed by atoms with E-state index in [0.29, 0.717) is 27.7 Å². The average molecular weight is 382 g/mol. The van der Waals surface area contributed by atoms with Gasteiger partial charge in [0.1, 0.15) is 5.82 Å². The number of carbonyl (C=O) groups is 2. The first-order valence-corrected chi connectivity index (χ1v) is 8.41. The van der Waals surface area contributed by atoms with Crippen molar-refractivity contribution in [3.8, 4) is 0 Å². The highest BCUT2D eigenvalue weighted by atomic mass is 35.5. The molecule has 136 valence electrons. The number of anilines is 3. The van der Waals surface area contributed by atoms with Gasteiger partial charge in [0.05, 0.1) is 24.6 Å². The van der Waals surface area contributed by atoms with Crippen LogP contribution >= 0.6 is 11.6 Å². The van der Waals surface area contributed by atoms with Gasteiger partial charge in [0, 0.05) is 16.3 Å². The van der Waals surface area contributed by atoms with Crippen molar-refractivity contribution in [1.82, 2.24) is 4.98 Å². The monoisotopic (exact) mass is 381 g/mol. The van der Waals surface area contributed by atoms with Gasteiger partial charge in [0.25, 0.3) is 5.91 Å². The molecule has 0 spiro atoms. The molecule has 1 heterocycles. The molecule has 2 aromatic carbocycles. The van der Waals surface area contributed by atoms with Gasteiger partial charge in [-0.25, -0.2) is 9.78 Å². The minimum Gasteiger partial charge on any atom is -0.465 e. The highest BCUT2D eigenvalue weighted by molar-refractivity contribution is 6.31. The number of amides is 1. The second-order valence-electron chi connectivity index (χ2n) is 5.59. The number of hydrogen-bond donors (Lipinski definition) is 2. The molecule has 27 heavy (non-hydrogen) atoms. The van der Waals surface area contributed by atoms with Gasteiger partial charge in [-0.3, -0.25) is 4.79 Å². The van der Waals surface area contributed by atoms with Crippen LogP contribution in [0.15, 0.2) is 66.9 Å². The number of nitrogens with one attached hydrogen (secondary N) is 2. The van der Waals surface area contributed by atoms with E-state index >= 15 is 0 Å². The maximum absolute atomic E-state index is 12.2. The van der Waals surface area contributed by atoms with Gasteiger partial charge in [-0.1, -0.05) is 23.7 Å². The van der Waals surface area contributed by atoms with Gasteiger partial charge in [-0.15, -0.1) is 0 Å². The summed E-state index contributed by atoms with van der Waals surface area (Å²) >= 11 is 5.90. The lowest BCUT2D eigenvalue weighted by Gasteiger charge is -2.09. The Labute approximate surface area is 161 Å². The second kappa shape index (κ2) is 8.33. The minimum absolute atomic E-state index is 0.295. The third kappa shape index (κ3) is 4.83. The van der Waals surface area contributed by atoms with Crippen LogP contribution in [0.1, 0.15) is 20.7 Å². The molecule has 0 aliphatic heterocycles. The van der Waals surface area contributed by atoms with Crippen LogP contribution in [0.2, 0.25) is 5.02 Å². The van der Waals surface area contributed by atoms with Crippen LogP contribution < -0.4 is 10.6 Å². The van der Waals surface area contributed by atoms with E-state index in [-0.39, 0.29) is 5.91 Å². The van der Waals surface area contributed by atoms with E-state index in [9.17, 15) is 9.59 Å². The SMILES string of the molecule is COC(=O)c1cccc(Nc2ccc(NC(=O)c3cccc(Cl)c3)nc2)c1. The van der Waals surface area contributed by atoms with Crippen LogP contribution in [0.4, 0.5) is 17.2 Å². The van der Waals surface area contributed by atoms with Crippen molar-refractivity contribution in [3.63, 3.8) is 0 Å². The average Bonchev–Trinajstić information content (AvgIpc) is 2.69. The van der Waals surface area contributed by atoms with E-state index < -0.39 is 5.97 Å². The molecular weight excluding hydrogens is 366 g/mol. The summed E-state index contributed by atoms with van der Waals surface area (Å²) in [6.45, 7) is 0. The van der Waals surface area contributed by atoms with Crippen molar-refractivity contribution >= 4 is 40.7 Å². The molecular formula is C20H16ClN3O3. The first-order valence-electron chi connectivity index (χ1n) is 8.03. The summed E-state index contributed by atoms with van der Waals surface area (Å²) in [5.41, 5.74) is 2.32. The molecule has 2 N–H and O–H groups in total. The molecule has 0 atom stereocenters. The van der Waals surface area contributed by atoms with Crippen LogP contribution in [-0.2, 0) is 4.74 Å². The highest BCUT2D eigenvalue weighted by Crippen LogP contribution is 2.19. The lowest BCUT2D eigenvalue weighted by molar-refractivity contribution is 0.0600. The summed E-state index contributed by atoms with van der Waals surface area (Å²) in [6, 6.07) is 17.0. The highest BCUT2D eigenvalue weighted by Gasteiger charge is 2.08. The van der Waals surface area contributed by atoms with Crippen LogP contribution in [0, 0.1) is 0 Å². The Morgan fingerprint density at radius 1 is 0.963 bits per heavy atom. The quantitative estimate of drug-likeness (QED) is 0.635. The summed E-state index contributed by atoms with van der Waals surface area (Å²) in [5, 5.41) is 6.34. The zero-order valence-electron chi connectivity index (χ0n) is 14.4. The Morgan fingerprint density at radius 3 is 2.44 bits per heavy atom. The number of pyridine rings is 1. The fourth-order valence-electron chi connectivity index (χ4n) is 2.37. The van der Waals surface area contributed by atoms with Crippen molar-refractivity contribution in [3.05, 3.63) is 83.0 Å². The number of ether oxygens (including phenoxy) is 1. The molecule has 0 unspecified atom stereocenters. The molecule has 7 heteroatoms. The predicted molar refractivity (Wildman–Crippen MR) is 105 cm³/mol. The summed E-state index contributed by atoms with van der Waals surface area (Å²) in [5.74, 6) is -0.291. The van der Waals surface area contributed by atoms with Gasteiger partial charge in [-0.05, 0) is 48.5 Å². The molecule has 0 saturated heterocycles. The zero-order chi connectivity index (χ0) is 19.2. The molecule has 0 fully saturated rings. The molecule has 6 nitrogen and oxygen atoms in total. The number of rotatable bonds is 5. The smallest absolute Gasteiger partial charge is 0.337 e. The Bertz CT molecular complexity index is 974. The largest absolute Gasteiger partial charge is 0.465 e. The lowest BCUT2D eigenvalue weighted by atomic mass is 10.2. The van der Waals surface area contributed by atoms with E-state index in [1.807, 2.05) is 6.07 Å². The van der Waals surface area contributed by atoms with E-state index in [2.05, 4.69) is 15.6 Å². The van der Waals surface area contributed by atoms with Gasteiger partial charge < -0.3 is 15.4 Å². The number of methoxy groups -OCH3 is 1. The predicted octanol–water partition coefficient (Wildman–Crippen LogP) is 4.52. The number of halogens is 1. The van der Waals surface area contributed by atoms with Gasteiger partial charge in [0.2, 0.25) is 0 Å². The van der Waals surface area contributed by atoms with E-state index in [1.54, 1.807) is 60.8 Å². The van der Waals surface area contributed by atoms with Crippen molar-refractivity contribution in [1.29, 1.82) is 0 Å². The summed E-state index contributed by atoms with van der Waals surface area (Å²) in [4.78, 5) is 28.0. The first-order chi connectivity index (χ1) is 13.0. The van der Waals surface area contributed by atoms with Crippen molar-refractivity contribution in [2.75, 3.05) is 17.7 Å². The summed E-state index contributed by atoms with van der Waals surface area (Å²) in [6.07, 6.45) is 1.58. The molecule has 0 saturated carbocycles. The van der Waals surface area contributed by atoms with Crippen molar-refractivity contribution in [2.24, 2.45) is 0 Å². The maximum Gasteiger partial charge on any atom is 0.337 e. The third-order valence-corrected chi connectivity index (χ3v) is 3.90. The number of aromatic nitrogens is 1. The van der Waals surface area contributed by atoms with Crippen molar-refractivity contribution in [2.45, 2.75) is 0 Å². The maximum atomic E-state index is 12.2. The van der Waals surface area contributed by atoms with Gasteiger partial charge >= 0.3 is 5.97 Å². The van der Waals surface area contributed by atoms with E-state index in [0.717, 1.165) is 5.69 Å². The van der Waals surface area contributed by atoms with Crippen LogP contribution in [-0.4, -0.2) is 24.0 Å². The molecule has 3 rings (SSSR count). The number of esters is 1. The summed E-state index contributed by atoms with van der Waals surface area (Å²) < 4.78 is 4.71. The van der Waals surface area contributed by atoms with Crippen LogP contribution in [0.25, 0.3) is 0 Å². The second-order valence-corrected chi connectivity index (χ2v) is 6.03. The van der Waals surface area contributed by atoms with Crippen molar-refractivity contribution < 1.29 is 14.3 Å². The lowest BCUT2D eigenvalue weighted by Crippen LogP contribution is -2.12. The topological polar surface area (TPSA) is 80.3 Å². The molecule has 0 bridgehead atoms. The fourth-order valence-corrected chi connectivity index (χ4v) is 2.56. The Morgan fingerprint density at radius 2 is 1.74 bits per heavy atom. The Balaban J connectivity index is 1.67.